The minimum atomic E-state index is -0.568. The second-order valence-electron chi connectivity index (χ2n) is 7.06. The van der Waals surface area contributed by atoms with Crippen LogP contribution in [0.25, 0.3) is 11.0 Å². The first-order valence-electron chi connectivity index (χ1n) is 9.67. The predicted molar refractivity (Wildman–Crippen MR) is 112 cm³/mol. The van der Waals surface area contributed by atoms with E-state index >= 15 is 0 Å². The summed E-state index contributed by atoms with van der Waals surface area (Å²) in [6, 6.07) is 12.9. The zero-order chi connectivity index (χ0) is 21.0. The maximum atomic E-state index is 12.3. The van der Waals surface area contributed by atoms with E-state index in [-0.39, 0.29) is 18.6 Å². The number of hydrogen-bond acceptors (Lipinski definition) is 5. The van der Waals surface area contributed by atoms with Crippen molar-refractivity contribution in [3.63, 3.8) is 0 Å². The zero-order valence-electron chi connectivity index (χ0n) is 17.2. The van der Waals surface area contributed by atoms with Crippen molar-refractivity contribution in [2.45, 2.75) is 40.2 Å². The van der Waals surface area contributed by atoms with Crippen molar-refractivity contribution < 1.29 is 14.3 Å². The third kappa shape index (κ3) is 4.96. The summed E-state index contributed by atoms with van der Waals surface area (Å²) in [5, 5.41) is 2.85. The Morgan fingerprint density at radius 1 is 1.00 bits per heavy atom. The van der Waals surface area contributed by atoms with E-state index < -0.39 is 5.97 Å². The Bertz CT molecular complexity index is 1050. The number of benzene rings is 2. The molecule has 0 saturated heterocycles. The fraction of sp³-hybridized carbons (Fsp3) is 0.304. The number of carbonyl (C=O) groups excluding carboxylic acids is 2. The van der Waals surface area contributed by atoms with Crippen LogP contribution in [-0.4, -0.2) is 28.5 Å². The van der Waals surface area contributed by atoms with Crippen molar-refractivity contribution in [1.82, 2.24) is 15.3 Å². The van der Waals surface area contributed by atoms with Crippen LogP contribution in [0.15, 0.2) is 42.5 Å². The molecule has 0 saturated carbocycles. The average Bonchev–Trinajstić information content (AvgIpc) is 2.72. The number of fused-ring (bicyclic) bond motifs is 1. The number of esters is 1. The molecule has 3 rings (SSSR count). The summed E-state index contributed by atoms with van der Waals surface area (Å²) in [7, 11) is 0. The third-order valence-electron chi connectivity index (χ3n) is 4.91. The van der Waals surface area contributed by atoms with Crippen LogP contribution in [0.5, 0.6) is 0 Å². The van der Waals surface area contributed by atoms with E-state index in [9.17, 15) is 9.59 Å². The van der Waals surface area contributed by atoms with Gasteiger partial charge in [-0.05, 0) is 56.5 Å². The van der Waals surface area contributed by atoms with Gasteiger partial charge in [-0.2, -0.15) is 0 Å². The number of carbonyl (C=O) groups is 2. The van der Waals surface area contributed by atoms with Crippen LogP contribution in [0.3, 0.4) is 0 Å². The molecule has 3 aromatic rings. The Morgan fingerprint density at radius 3 is 2.31 bits per heavy atom. The van der Waals surface area contributed by atoms with Gasteiger partial charge in [-0.1, -0.05) is 31.2 Å². The molecule has 6 heteroatoms. The zero-order valence-corrected chi connectivity index (χ0v) is 17.2. The second kappa shape index (κ2) is 8.82. The molecule has 0 fully saturated rings. The maximum Gasteiger partial charge on any atom is 0.338 e. The van der Waals surface area contributed by atoms with E-state index in [0.29, 0.717) is 16.6 Å². The van der Waals surface area contributed by atoms with Crippen LogP contribution in [0.2, 0.25) is 0 Å². The minimum absolute atomic E-state index is 0.172. The minimum Gasteiger partial charge on any atom is -0.452 e. The van der Waals surface area contributed by atoms with Gasteiger partial charge in [0.15, 0.2) is 6.61 Å². The SMILES string of the molecule is CCc1ccc([C@H](C)NC(=O)COC(=O)c2ccc3nc(C)c(C)nc3c2)cc1. The normalized spacial score (nSPS) is 11.9. The molecule has 1 heterocycles. The average molecular weight is 391 g/mol. The van der Waals surface area contributed by atoms with Crippen LogP contribution in [0.4, 0.5) is 0 Å². The van der Waals surface area contributed by atoms with Gasteiger partial charge >= 0.3 is 5.97 Å². The quantitative estimate of drug-likeness (QED) is 0.646. The van der Waals surface area contributed by atoms with Crippen LogP contribution in [-0.2, 0) is 16.0 Å². The molecule has 1 aromatic heterocycles. The first kappa shape index (κ1) is 20.5. The van der Waals surface area contributed by atoms with Gasteiger partial charge in [0.25, 0.3) is 5.91 Å². The van der Waals surface area contributed by atoms with Crippen molar-refractivity contribution in [2.75, 3.05) is 6.61 Å². The highest BCUT2D eigenvalue weighted by molar-refractivity contribution is 5.94. The number of aryl methyl sites for hydroxylation is 3. The molecule has 0 unspecified atom stereocenters. The molecule has 2 aromatic carbocycles. The molecule has 0 bridgehead atoms. The molecule has 0 aliphatic heterocycles. The highest BCUT2D eigenvalue weighted by Gasteiger charge is 2.14. The summed E-state index contributed by atoms with van der Waals surface area (Å²) in [6.45, 7) is 7.41. The van der Waals surface area contributed by atoms with Crippen molar-refractivity contribution in [3.05, 3.63) is 70.5 Å². The van der Waals surface area contributed by atoms with Gasteiger partial charge < -0.3 is 10.1 Å². The smallest absolute Gasteiger partial charge is 0.338 e. The Balaban J connectivity index is 1.58. The van der Waals surface area contributed by atoms with Gasteiger partial charge in [-0.25, -0.2) is 14.8 Å². The third-order valence-corrected chi connectivity index (χ3v) is 4.91. The van der Waals surface area contributed by atoms with E-state index in [2.05, 4.69) is 22.2 Å². The molecule has 0 radical (unpaired) electrons. The molecule has 1 amide bonds. The van der Waals surface area contributed by atoms with Gasteiger partial charge in [-0.15, -0.1) is 0 Å². The highest BCUT2D eigenvalue weighted by atomic mass is 16.5. The van der Waals surface area contributed by atoms with Crippen molar-refractivity contribution in [1.29, 1.82) is 0 Å². The van der Waals surface area contributed by atoms with E-state index in [4.69, 9.17) is 4.74 Å². The monoisotopic (exact) mass is 391 g/mol. The Labute approximate surface area is 170 Å². The van der Waals surface area contributed by atoms with Crippen molar-refractivity contribution in [2.24, 2.45) is 0 Å². The van der Waals surface area contributed by atoms with Crippen LogP contribution >= 0.6 is 0 Å². The van der Waals surface area contributed by atoms with E-state index in [1.807, 2.05) is 45.0 Å². The fourth-order valence-electron chi connectivity index (χ4n) is 2.98. The van der Waals surface area contributed by atoms with Gasteiger partial charge in [0, 0.05) is 0 Å². The number of nitrogens with zero attached hydrogens (tertiary/aromatic N) is 2. The lowest BCUT2D eigenvalue weighted by Crippen LogP contribution is -2.31. The Kier molecular flexibility index (Phi) is 6.22. The summed E-state index contributed by atoms with van der Waals surface area (Å²) in [5.74, 6) is -0.917. The number of hydrogen-bond donors (Lipinski definition) is 1. The Hall–Kier alpha value is -3.28. The van der Waals surface area contributed by atoms with Gasteiger partial charge in [0.1, 0.15) is 0 Å². The van der Waals surface area contributed by atoms with E-state index in [1.54, 1.807) is 18.2 Å². The molecular weight excluding hydrogens is 366 g/mol. The summed E-state index contributed by atoms with van der Waals surface area (Å²) in [4.78, 5) is 33.4. The number of amides is 1. The van der Waals surface area contributed by atoms with Crippen molar-refractivity contribution in [3.8, 4) is 0 Å². The number of rotatable bonds is 6. The standard InChI is InChI=1S/C23H25N3O3/c1-5-17-6-8-18(9-7-17)16(4)26-22(27)13-29-23(28)19-10-11-20-21(12-19)25-15(3)14(2)24-20/h6-12,16H,5,13H2,1-4H3,(H,26,27)/t16-/m0/s1. The van der Waals surface area contributed by atoms with Gasteiger partial charge in [0.2, 0.25) is 0 Å². The van der Waals surface area contributed by atoms with Crippen LogP contribution in [0, 0.1) is 13.8 Å². The first-order valence-corrected chi connectivity index (χ1v) is 9.67. The molecule has 1 N–H and O–H groups in total. The maximum absolute atomic E-state index is 12.3. The van der Waals surface area contributed by atoms with Crippen LogP contribution in [0.1, 0.15) is 52.8 Å². The molecule has 150 valence electrons. The molecule has 1 atom stereocenters. The highest BCUT2D eigenvalue weighted by Crippen LogP contribution is 2.16. The lowest BCUT2D eigenvalue weighted by atomic mass is 10.1. The topological polar surface area (TPSA) is 81.2 Å². The lowest BCUT2D eigenvalue weighted by molar-refractivity contribution is -0.124. The number of ether oxygens (including phenoxy) is 1. The molecular formula is C23H25N3O3. The van der Waals surface area contributed by atoms with Gasteiger partial charge in [-0.3, -0.25) is 4.79 Å². The summed E-state index contributed by atoms with van der Waals surface area (Å²) in [5.41, 5.74) is 5.58. The van der Waals surface area contributed by atoms with E-state index in [0.717, 1.165) is 23.4 Å². The van der Waals surface area contributed by atoms with E-state index in [1.165, 1.54) is 5.56 Å². The summed E-state index contributed by atoms with van der Waals surface area (Å²) < 4.78 is 5.17. The summed E-state index contributed by atoms with van der Waals surface area (Å²) in [6.07, 6.45) is 0.969. The van der Waals surface area contributed by atoms with Crippen LogP contribution < -0.4 is 5.32 Å². The molecule has 29 heavy (non-hydrogen) atoms. The second-order valence-corrected chi connectivity index (χ2v) is 7.06. The largest absolute Gasteiger partial charge is 0.452 e. The Morgan fingerprint density at radius 2 is 1.66 bits per heavy atom. The molecule has 0 spiro atoms. The fourth-order valence-corrected chi connectivity index (χ4v) is 2.98. The number of nitrogens with one attached hydrogen (secondary N) is 1. The number of aromatic nitrogens is 2. The molecule has 0 aliphatic rings. The van der Waals surface area contributed by atoms with Crippen molar-refractivity contribution >= 4 is 22.9 Å². The molecule has 0 aliphatic carbocycles. The lowest BCUT2D eigenvalue weighted by Gasteiger charge is -2.15. The molecule has 6 nitrogen and oxygen atoms in total. The predicted octanol–water partition coefficient (Wildman–Crippen LogP) is 3.84. The first-order chi connectivity index (χ1) is 13.9. The van der Waals surface area contributed by atoms with Gasteiger partial charge in [0.05, 0.1) is 34.0 Å². The summed E-state index contributed by atoms with van der Waals surface area (Å²) >= 11 is 0.